The maximum atomic E-state index is 14.1. The van der Waals surface area contributed by atoms with Gasteiger partial charge in [-0.05, 0) is 69.6 Å². The lowest BCUT2D eigenvalue weighted by molar-refractivity contribution is 0.0885. The predicted molar refractivity (Wildman–Crippen MR) is 181 cm³/mol. The topological polar surface area (TPSA) is 57.7 Å². The molecule has 2 fully saturated rings. The molecule has 0 radical (unpaired) electrons. The lowest BCUT2D eigenvalue weighted by Crippen LogP contribution is -2.46. The van der Waals surface area contributed by atoms with Crippen LogP contribution in [0.2, 0.25) is 0 Å². The number of ether oxygens (including phenoxy) is 1. The van der Waals surface area contributed by atoms with E-state index in [1.807, 2.05) is 66.7 Å². The monoisotopic (exact) mass is 592 g/mol. The zero-order valence-electron chi connectivity index (χ0n) is 26.7. The highest BCUT2D eigenvalue weighted by atomic mass is 16.5. The molecule has 0 atom stereocenters. The summed E-state index contributed by atoms with van der Waals surface area (Å²) in [6, 6.07) is 26.9. The molecule has 44 heavy (non-hydrogen) atoms. The molecule has 3 aromatic carbocycles. The minimum absolute atomic E-state index is 0.0678. The molecule has 232 valence electrons. The number of nitrogens with zero attached hydrogens (tertiary/aromatic N) is 3. The van der Waals surface area contributed by atoms with Gasteiger partial charge in [0.2, 0.25) is 0 Å². The molecule has 1 aromatic heterocycles. The van der Waals surface area contributed by atoms with Gasteiger partial charge in [-0.1, -0.05) is 87.4 Å². The van der Waals surface area contributed by atoms with Gasteiger partial charge in [0.05, 0.1) is 23.9 Å². The lowest BCUT2D eigenvalue weighted by Gasteiger charge is -2.40. The van der Waals surface area contributed by atoms with E-state index >= 15 is 0 Å². The van der Waals surface area contributed by atoms with Crippen LogP contribution in [-0.4, -0.2) is 60.0 Å². The number of amides is 1. The van der Waals surface area contributed by atoms with Crippen LogP contribution in [0.4, 0.5) is 0 Å². The first-order valence-electron chi connectivity index (χ1n) is 16.5. The van der Waals surface area contributed by atoms with Crippen LogP contribution in [-0.2, 0) is 13.1 Å². The first kappa shape index (κ1) is 31.7. The van der Waals surface area contributed by atoms with E-state index in [-0.39, 0.29) is 5.91 Å². The molecule has 1 N–H and O–H groups in total. The molecular weight excluding hydrogens is 544 g/mol. The Morgan fingerprint density at radius 3 is 2.20 bits per heavy atom. The Bertz CT molecular complexity index is 1480. The Kier molecular flexibility index (Phi) is 11.4. The third-order valence-corrected chi connectivity index (χ3v) is 8.71. The third-order valence-electron chi connectivity index (χ3n) is 8.71. The number of carbonyl (C=O) groups excluding carboxylic acids is 1. The van der Waals surface area contributed by atoms with Crippen LogP contribution in [0.5, 0.6) is 5.75 Å². The van der Waals surface area contributed by atoms with Crippen LogP contribution in [0.15, 0.2) is 78.9 Å². The molecular formula is C38H48N4O2. The zero-order chi connectivity index (χ0) is 30.7. The number of benzene rings is 3. The van der Waals surface area contributed by atoms with Crippen LogP contribution in [0.3, 0.4) is 0 Å². The van der Waals surface area contributed by atoms with Crippen LogP contribution in [0.1, 0.15) is 73.9 Å². The second-order valence-corrected chi connectivity index (χ2v) is 12.0. The molecule has 2 aliphatic heterocycles. The van der Waals surface area contributed by atoms with E-state index < -0.39 is 0 Å². The van der Waals surface area contributed by atoms with Crippen molar-refractivity contribution < 1.29 is 9.53 Å². The molecule has 6 heteroatoms. The standard InChI is InChI=1S/C35H40N4O2.C3H8/c1-41-29-15-16-30-32(23-29)37-34(27-13-7-3-8-14-27)31(33(30)35(40)36-24-26-11-5-2-6-12-26)25-38-21-17-28(18-22-38)39-19-9-4-10-20-39;1-3-2/h2-3,5-8,11-16,23,28H,4,9-10,17-22,24-25H2,1H3,(H,36,40);3H2,1-2H3. The molecule has 6 nitrogen and oxygen atoms in total. The molecule has 0 bridgehead atoms. The van der Waals surface area contributed by atoms with Crippen LogP contribution >= 0.6 is 0 Å². The smallest absolute Gasteiger partial charge is 0.252 e. The van der Waals surface area contributed by atoms with Crippen molar-refractivity contribution in [3.8, 4) is 17.0 Å². The van der Waals surface area contributed by atoms with Crippen molar-refractivity contribution in [2.45, 2.75) is 71.5 Å². The van der Waals surface area contributed by atoms with Crippen molar-refractivity contribution in [2.24, 2.45) is 0 Å². The van der Waals surface area contributed by atoms with Crippen molar-refractivity contribution in [3.05, 3.63) is 95.6 Å². The van der Waals surface area contributed by atoms with E-state index in [0.29, 0.717) is 24.7 Å². The molecule has 0 saturated carbocycles. The maximum absolute atomic E-state index is 14.1. The van der Waals surface area contributed by atoms with Crippen molar-refractivity contribution in [3.63, 3.8) is 0 Å². The molecule has 0 unspecified atom stereocenters. The maximum Gasteiger partial charge on any atom is 0.252 e. The van der Waals surface area contributed by atoms with Gasteiger partial charge in [0.25, 0.3) is 5.91 Å². The summed E-state index contributed by atoms with van der Waals surface area (Å²) in [7, 11) is 1.66. The summed E-state index contributed by atoms with van der Waals surface area (Å²) in [5.41, 5.74) is 5.44. The average molecular weight is 593 g/mol. The van der Waals surface area contributed by atoms with E-state index in [1.54, 1.807) is 7.11 Å². The largest absolute Gasteiger partial charge is 0.497 e. The van der Waals surface area contributed by atoms with Crippen molar-refractivity contribution in [1.29, 1.82) is 0 Å². The van der Waals surface area contributed by atoms with E-state index in [4.69, 9.17) is 9.72 Å². The first-order chi connectivity index (χ1) is 21.6. The number of rotatable bonds is 8. The average Bonchev–Trinajstić information content (AvgIpc) is 3.08. The van der Waals surface area contributed by atoms with Gasteiger partial charge in [-0.15, -0.1) is 0 Å². The van der Waals surface area contributed by atoms with Crippen molar-refractivity contribution in [2.75, 3.05) is 33.3 Å². The highest BCUT2D eigenvalue weighted by Crippen LogP contribution is 2.34. The number of aromatic nitrogens is 1. The van der Waals surface area contributed by atoms with Gasteiger partial charge in [0.15, 0.2) is 0 Å². The first-order valence-corrected chi connectivity index (χ1v) is 16.5. The number of hydrogen-bond donors (Lipinski definition) is 1. The van der Waals surface area contributed by atoms with Crippen molar-refractivity contribution >= 4 is 16.8 Å². The van der Waals surface area contributed by atoms with Gasteiger partial charge in [-0.3, -0.25) is 9.69 Å². The minimum Gasteiger partial charge on any atom is -0.497 e. The highest BCUT2D eigenvalue weighted by Gasteiger charge is 2.28. The number of hydrogen-bond acceptors (Lipinski definition) is 5. The highest BCUT2D eigenvalue weighted by molar-refractivity contribution is 6.09. The summed E-state index contributed by atoms with van der Waals surface area (Å²) in [4.78, 5) is 24.5. The van der Waals surface area contributed by atoms with E-state index in [1.165, 1.54) is 51.6 Å². The normalized spacial score (nSPS) is 16.2. The van der Waals surface area contributed by atoms with E-state index in [0.717, 1.165) is 52.1 Å². The fourth-order valence-corrected chi connectivity index (χ4v) is 6.48. The molecule has 3 heterocycles. The number of fused-ring (bicyclic) bond motifs is 1. The second-order valence-electron chi connectivity index (χ2n) is 12.0. The molecule has 2 saturated heterocycles. The predicted octanol–water partition coefficient (Wildman–Crippen LogP) is 7.71. The molecule has 4 aromatic rings. The summed E-state index contributed by atoms with van der Waals surface area (Å²) >= 11 is 0. The van der Waals surface area contributed by atoms with Gasteiger partial charge in [-0.25, -0.2) is 4.98 Å². The Morgan fingerprint density at radius 2 is 1.55 bits per heavy atom. The Labute approximate surface area is 263 Å². The van der Waals surface area contributed by atoms with E-state index in [9.17, 15) is 4.79 Å². The van der Waals surface area contributed by atoms with Crippen LogP contribution < -0.4 is 10.1 Å². The van der Waals surface area contributed by atoms with Crippen LogP contribution in [0.25, 0.3) is 22.2 Å². The molecule has 1 amide bonds. The second kappa shape index (κ2) is 15.8. The number of pyridine rings is 1. The molecule has 2 aliphatic rings. The fraction of sp³-hybridized carbons (Fsp3) is 0.421. The minimum atomic E-state index is -0.0678. The Hall–Kier alpha value is -3.74. The quantitative estimate of drug-likeness (QED) is 0.227. The van der Waals surface area contributed by atoms with Gasteiger partial charge in [0, 0.05) is 41.7 Å². The Morgan fingerprint density at radius 1 is 0.886 bits per heavy atom. The summed E-state index contributed by atoms with van der Waals surface area (Å²) in [5.74, 6) is 0.661. The molecule has 6 rings (SSSR count). The SMILES string of the molecule is CCC.COc1ccc2c(C(=O)NCc3ccccc3)c(CN3CCC(N4CCCCC4)CC3)c(-c3ccccc3)nc2c1. The fourth-order valence-electron chi connectivity index (χ4n) is 6.48. The summed E-state index contributed by atoms with van der Waals surface area (Å²) in [6.45, 7) is 9.96. The Balaban J connectivity index is 0.00000123. The van der Waals surface area contributed by atoms with Gasteiger partial charge < -0.3 is 15.0 Å². The summed E-state index contributed by atoms with van der Waals surface area (Å²) in [6.07, 6.45) is 7.63. The summed E-state index contributed by atoms with van der Waals surface area (Å²) in [5, 5.41) is 4.08. The zero-order valence-corrected chi connectivity index (χ0v) is 26.7. The number of likely N-dealkylation sites (tertiary alicyclic amines) is 2. The lowest BCUT2D eigenvalue weighted by atomic mass is 9.94. The summed E-state index contributed by atoms with van der Waals surface area (Å²) < 4.78 is 5.53. The number of piperidine rings is 2. The van der Waals surface area contributed by atoms with Gasteiger partial charge in [-0.2, -0.15) is 0 Å². The number of methoxy groups -OCH3 is 1. The van der Waals surface area contributed by atoms with Gasteiger partial charge >= 0.3 is 0 Å². The van der Waals surface area contributed by atoms with Gasteiger partial charge in [0.1, 0.15) is 5.75 Å². The third kappa shape index (κ3) is 7.85. The molecule has 0 spiro atoms. The van der Waals surface area contributed by atoms with Crippen molar-refractivity contribution in [1.82, 2.24) is 20.1 Å². The number of carbonyl (C=O) groups is 1. The van der Waals surface area contributed by atoms with Crippen LogP contribution in [0, 0.1) is 0 Å². The van der Waals surface area contributed by atoms with E-state index in [2.05, 4.69) is 41.1 Å². The molecule has 0 aliphatic carbocycles. The number of nitrogens with one attached hydrogen (secondary N) is 1.